The van der Waals surface area contributed by atoms with Gasteiger partial charge in [-0.1, -0.05) is 96.1 Å². The van der Waals surface area contributed by atoms with E-state index < -0.39 is 88.7 Å². The molecule has 2 aliphatic heterocycles. The van der Waals surface area contributed by atoms with E-state index in [0.717, 1.165) is 59.9 Å². The first-order chi connectivity index (χ1) is 39.9. The van der Waals surface area contributed by atoms with E-state index in [0.29, 0.717) is 28.6 Å². The van der Waals surface area contributed by atoms with Crippen molar-refractivity contribution in [3.05, 3.63) is 136 Å². The SMILES string of the molecule is CN[C@@H](C)C(=O)N[C@H](C(=O)N1Cc2cc(N(C(=O)n3ccc4cc(C(N)=O)ccc43)[C@H]3C[C@@H](C(=O)N[C@@H]4CCCc5ccccc54)N(C(=O)[C@@H](NC(=O)[C@H](C)NC)C(C)(C)C)C3)ccc2C[C@H]1C(=O)N[C@@H]1CCCc2ccccc21)C(C)(C)C. The number of aryl methyl sites for hydroxylation is 2. The Morgan fingerprint density at radius 2 is 1.15 bits per heavy atom. The highest BCUT2D eigenvalue weighted by molar-refractivity contribution is 6.04. The zero-order chi connectivity index (χ0) is 60.5. The van der Waals surface area contributed by atoms with Gasteiger partial charge in [-0.3, -0.25) is 43.0 Å². The molecule has 8 N–H and O–H groups in total. The van der Waals surface area contributed by atoms with Crippen LogP contribution >= 0.6 is 0 Å². The molecular weight excluding hydrogens is 1060 g/mol. The van der Waals surface area contributed by atoms with Crippen LogP contribution in [0.5, 0.6) is 0 Å². The van der Waals surface area contributed by atoms with E-state index in [1.165, 1.54) is 9.47 Å². The highest BCUT2D eigenvalue weighted by Gasteiger charge is 2.49. The summed E-state index contributed by atoms with van der Waals surface area (Å²) in [5, 5.41) is 19.1. The van der Waals surface area contributed by atoms with Crippen LogP contribution in [0.15, 0.2) is 97.2 Å². The van der Waals surface area contributed by atoms with E-state index in [9.17, 15) is 19.2 Å². The number of nitrogens with one attached hydrogen (secondary N) is 6. The van der Waals surface area contributed by atoms with Crippen molar-refractivity contribution in [2.75, 3.05) is 25.5 Å². The molecule has 446 valence electrons. The highest BCUT2D eigenvalue weighted by Crippen LogP contribution is 2.38. The summed E-state index contributed by atoms with van der Waals surface area (Å²) in [6.45, 7) is 14.4. The largest absolute Gasteiger partial charge is 0.366 e. The second-order valence-electron chi connectivity index (χ2n) is 25.5. The van der Waals surface area contributed by atoms with Gasteiger partial charge in [0.15, 0.2) is 0 Å². The summed E-state index contributed by atoms with van der Waals surface area (Å²) in [6, 6.07) is 20.6. The summed E-state index contributed by atoms with van der Waals surface area (Å²) in [4.78, 5) is 121. The first-order valence-corrected chi connectivity index (χ1v) is 29.6. The van der Waals surface area contributed by atoms with E-state index in [-0.39, 0.29) is 55.4 Å². The number of primary amides is 1. The monoisotopic (exact) mass is 1150 g/mol. The molecular formula is C65H83N11O8. The lowest BCUT2D eigenvalue weighted by Gasteiger charge is -2.42. The Morgan fingerprint density at radius 3 is 1.69 bits per heavy atom. The lowest BCUT2D eigenvalue weighted by Crippen LogP contribution is -2.62. The highest BCUT2D eigenvalue weighted by atomic mass is 16.2. The van der Waals surface area contributed by atoms with Crippen molar-refractivity contribution in [1.29, 1.82) is 0 Å². The minimum Gasteiger partial charge on any atom is -0.366 e. The number of nitrogens with two attached hydrogens (primary N) is 1. The van der Waals surface area contributed by atoms with Gasteiger partial charge < -0.3 is 47.4 Å². The van der Waals surface area contributed by atoms with Crippen LogP contribution in [0, 0.1) is 10.8 Å². The summed E-state index contributed by atoms with van der Waals surface area (Å²) < 4.78 is 1.46. The molecule has 84 heavy (non-hydrogen) atoms. The van der Waals surface area contributed by atoms with Gasteiger partial charge in [-0.15, -0.1) is 0 Å². The number of likely N-dealkylation sites (N-methyl/N-ethyl adjacent to an activating group) is 2. The van der Waals surface area contributed by atoms with Gasteiger partial charge in [-0.2, -0.15) is 0 Å². The van der Waals surface area contributed by atoms with Crippen LogP contribution in [0.3, 0.4) is 0 Å². The molecule has 19 heteroatoms. The lowest BCUT2D eigenvalue weighted by atomic mass is 9.83. The summed E-state index contributed by atoms with van der Waals surface area (Å²) in [7, 11) is 3.32. The van der Waals surface area contributed by atoms with Gasteiger partial charge in [-0.25, -0.2) is 4.79 Å². The molecule has 1 aromatic heterocycles. The smallest absolute Gasteiger partial charge is 0.333 e. The Labute approximate surface area is 492 Å². The number of aromatic nitrogens is 1. The number of anilines is 1. The number of hydrogen-bond donors (Lipinski definition) is 7. The molecule has 19 nitrogen and oxygen atoms in total. The van der Waals surface area contributed by atoms with Crippen molar-refractivity contribution >= 4 is 64.0 Å². The standard InChI is InChI=1S/C65H83N11O8/c1-37(67-9)57(78)71-54(64(3,4)5)61(82)74-35-44-32-45(27-25-41(44)33-52(74)59(80)69-49-23-15-19-39-17-11-13-21-47(39)49)76(63(84)73-30-29-42-31-43(56(66)77)26-28-51(42)73)46-34-53(60(81)70-50-24-16-20-40-18-12-14-22-48(40)50)75(36-46)62(83)55(65(6,7)8)72-58(79)38(2)68-10/h11-14,17-18,21-22,25-32,37-38,46,49-50,52-55,67-68H,15-16,19-20,23-24,33-36H2,1-10H3,(H2,66,77)(H,69,80)(H,70,81)(H,71,78)(H,72,79)/t37-,38-,46-,49+,50+,52-,53-,54+,55+/m0/s1. The topological polar surface area (TPSA) is 249 Å². The number of fused-ring (bicyclic) bond motifs is 4. The van der Waals surface area contributed by atoms with Crippen LogP contribution in [0.1, 0.15) is 143 Å². The molecule has 3 heterocycles. The van der Waals surface area contributed by atoms with Crippen molar-refractivity contribution < 1.29 is 38.4 Å². The molecule has 0 spiro atoms. The fourth-order valence-corrected chi connectivity index (χ4v) is 12.5. The number of benzene rings is 4. The number of likely N-dealkylation sites (tertiary alicyclic amines) is 1. The Bertz CT molecular complexity index is 3360. The Morgan fingerprint density at radius 1 is 0.619 bits per heavy atom. The number of amides is 8. The Kier molecular flexibility index (Phi) is 17.9. The molecule has 9 atom stereocenters. The normalized spacial score (nSPS) is 20.9. The molecule has 8 amide bonds. The molecule has 9 rings (SSSR count). The van der Waals surface area contributed by atoms with Crippen molar-refractivity contribution in [3.63, 3.8) is 0 Å². The fourth-order valence-electron chi connectivity index (χ4n) is 12.5. The van der Waals surface area contributed by atoms with Crippen LogP contribution in [-0.2, 0) is 54.6 Å². The molecule has 2 aliphatic carbocycles. The first-order valence-electron chi connectivity index (χ1n) is 29.6. The molecule has 1 saturated heterocycles. The van der Waals surface area contributed by atoms with E-state index in [2.05, 4.69) is 44.0 Å². The molecule has 0 radical (unpaired) electrons. The van der Waals surface area contributed by atoms with Crippen LogP contribution < -0.4 is 42.5 Å². The maximum absolute atomic E-state index is 15.9. The second-order valence-corrected chi connectivity index (χ2v) is 25.5. The molecule has 1 fully saturated rings. The van der Waals surface area contributed by atoms with Crippen LogP contribution in [0.2, 0.25) is 0 Å². The predicted molar refractivity (Wildman–Crippen MR) is 322 cm³/mol. The molecule has 4 aromatic carbocycles. The Hall–Kier alpha value is -7.90. The summed E-state index contributed by atoms with van der Waals surface area (Å²) in [6.07, 6.45) is 6.59. The summed E-state index contributed by atoms with van der Waals surface area (Å²) >= 11 is 0. The quantitative estimate of drug-likeness (QED) is 0.0635. The van der Waals surface area contributed by atoms with Crippen molar-refractivity contribution in [3.8, 4) is 0 Å². The fraction of sp³-hybridized carbons (Fsp3) is 0.477. The average Bonchev–Trinajstić information content (AvgIpc) is 4.33. The van der Waals surface area contributed by atoms with Gasteiger partial charge in [0.25, 0.3) is 0 Å². The van der Waals surface area contributed by atoms with Crippen LogP contribution in [0.25, 0.3) is 10.9 Å². The van der Waals surface area contributed by atoms with Gasteiger partial charge in [-0.05, 0) is 153 Å². The minimum absolute atomic E-state index is 0.00727. The molecule has 5 aromatic rings. The van der Waals surface area contributed by atoms with E-state index in [4.69, 9.17) is 5.73 Å². The van der Waals surface area contributed by atoms with Crippen molar-refractivity contribution in [2.24, 2.45) is 16.6 Å². The van der Waals surface area contributed by atoms with Gasteiger partial charge >= 0.3 is 6.03 Å². The Balaban J connectivity index is 1.15. The minimum atomic E-state index is -1.11. The van der Waals surface area contributed by atoms with Gasteiger partial charge in [0.1, 0.15) is 24.2 Å². The first kappa shape index (κ1) is 60.7. The van der Waals surface area contributed by atoms with E-state index >= 15 is 19.2 Å². The average molecular weight is 1150 g/mol. The maximum Gasteiger partial charge on any atom is 0.333 e. The second kappa shape index (κ2) is 24.7. The van der Waals surface area contributed by atoms with Gasteiger partial charge in [0, 0.05) is 42.3 Å². The third-order valence-corrected chi connectivity index (χ3v) is 17.6. The maximum atomic E-state index is 15.9. The van der Waals surface area contributed by atoms with Crippen molar-refractivity contribution in [2.45, 2.75) is 168 Å². The summed E-state index contributed by atoms with van der Waals surface area (Å²) in [5.74, 6) is -3.10. The third-order valence-electron chi connectivity index (χ3n) is 17.6. The van der Waals surface area contributed by atoms with Crippen LogP contribution in [-0.4, -0.2) is 125 Å². The van der Waals surface area contributed by atoms with Crippen LogP contribution in [0.4, 0.5) is 10.5 Å². The number of carbonyl (C=O) groups excluding carboxylic acids is 8. The third kappa shape index (κ3) is 12.6. The molecule has 0 saturated carbocycles. The molecule has 4 aliphatic rings. The molecule has 0 unspecified atom stereocenters. The number of nitrogens with zero attached hydrogens (tertiary/aromatic N) is 4. The number of carbonyl (C=O) groups is 8. The summed E-state index contributed by atoms with van der Waals surface area (Å²) in [5.41, 5.74) is 10.9. The zero-order valence-corrected chi connectivity index (χ0v) is 50.1. The van der Waals surface area contributed by atoms with Gasteiger partial charge in [0.05, 0.1) is 35.7 Å². The van der Waals surface area contributed by atoms with E-state index in [1.54, 1.807) is 74.3 Å². The predicted octanol–water partition coefficient (Wildman–Crippen LogP) is 6.10. The molecule has 0 bridgehead atoms. The number of rotatable bonds is 15. The number of hydrogen-bond acceptors (Lipinski definition) is 10. The van der Waals surface area contributed by atoms with Gasteiger partial charge in [0.2, 0.25) is 41.4 Å². The van der Waals surface area contributed by atoms with Crippen molar-refractivity contribution in [1.82, 2.24) is 46.3 Å². The zero-order valence-electron chi connectivity index (χ0n) is 50.1. The lowest BCUT2D eigenvalue weighted by molar-refractivity contribution is -0.147. The van der Waals surface area contributed by atoms with E-state index in [1.807, 2.05) is 90.1 Å².